The highest BCUT2D eigenvalue weighted by Gasteiger charge is 2.28. The zero-order chi connectivity index (χ0) is 12.4. The lowest BCUT2D eigenvalue weighted by atomic mass is 10.1. The van der Waals surface area contributed by atoms with E-state index < -0.39 is 0 Å². The van der Waals surface area contributed by atoms with Crippen molar-refractivity contribution < 1.29 is 0 Å². The van der Waals surface area contributed by atoms with E-state index in [2.05, 4.69) is 29.3 Å². The van der Waals surface area contributed by atoms with Crippen LogP contribution in [0.3, 0.4) is 0 Å². The van der Waals surface area contributed by atoms with Gasteiger partial charge in [-0.15, -0.1) is 0 Å². The Balaban J connectivity index is 2.07. The Morgan fingerprint density at radius 1 is 1.35 bits per heavy atom. The second-order valence-electron chi connectivity index (χ2n) is 4.98. The molecule has 0 radical (unpaired) electrons. The Hall–Kier alpha value is -0.800. The number of nitrogens with zero attached hydrogens (tertiary/aromatic N) is 2. The van der Waals surface area contributed by atoms with Gasteiger partial charge >= 0.3 is 0 Å². The Morgan fingerprint density at radius 2 is 2.12 bits per heavy atom. The summed E-state index contributed by atoms with van der Waals surface area (Å²) in [6.07, 6.45) is 3.76. The van der Waals surface area contributed by atoms with Gasteiger partial charge in [0.05, 0.1) is 10.7 Å². The van der Waals surface area contributed by atoms with E-state index in [4.69, 9.17) is 11.6 Å². The highest BCUT2D eigenvalue weighted by atomic mass is 35.5. The average molecular weight is 254 g/mol. The van der Waals surface area contributed by atoms with Gasteiger partial charge < -0.3 is 10.2 Å². The van der Waals surface area contributed by atoms with Crippen molar-refractivity contribution in [3.8, 4) is 0 Å². The summed E-state index contributed by atoms with van der Waals surface area (Å²) in [7, 11) is 4.29. The molecule has 0 aromatic carbocycles. The van der Waals surface area contributed by atoms with Crippen molar-refractivity contribution in [2.24, 2.45) is 0 Å². The van der Waals surface area contributed by atoms with Crippen molar-refractivity contribution in [3.63, 3.8) is 0 Å². The predicted octanol–water partition coefficient (Wildman–Crippen LogP) is 2.94. The van der Waals surface area contributed by atoms with E-state index in [-0.39, 0.29) is 0 Å². The zero-order valence-corrected chi connectivity index (χ0v) is 11.5. The maximum atomic E-state index is 5.98. The van der Waals surface area contributed by atoms with Crippen LogP contribution in [0.5, 0.6) is 0 Å². The summed E-state index contributed by atoms with van der Waals surface area (Å²) in [6.45, 7) is 1.94. The van der Waals surface area contributed by atoms with Crippen LogP contribution in [-0.4, -0.2) is 36.1 Å². The van der Waals surface area contributed by atoms with Crippen LogP contribution in [0.25, 0.3) is 0 Å². The molecule has 1 N–H and O–H groups in total. The van der Waals surface area contributed by atoms with E-state index in [0.29, 0.717) is 12.1 Å². The van der Waals surface area contributed by atoms with E-state index in [9.17, 15) is 0 Å². The molecule has 0 spiro atoms. The van der Waals surface area contributed by atoms with Gasteiger partial charge in [-0.3, -0.25) is 0 Å². The highest BCUT2D eigenvalue weighted by Crippen LogP contribution is 2.26. The Morgan fingerprint density at radius 3 is 2.76 bits per heavy atom. The molecule has 1 heterocycles. The van der Waals surface area contributed by atoms with Gasteiger partial charge in [0.1, 0.15) is 5.82 Å². The largest absolute Gasteiger partial charge is 0.366 e. The average Bonchev–Trinajstić information content (AvgIpc) is 2.72. The third-order valence-corrected chi connectivity index (χ3v) is 3.90. The normalized spacial score (nSPS) is 24.3. The zero-order valence-electron chi connectivity index (χ0n) is 10.7. The van der Waals surface area contributed by atoms with Crippen LogP contribution < -0.4 is 5.32 Å². The molecule has 0 amide bonds. The molecular formula is C13H20ClN3. The molecule has 1 aliphatic rings. The monoisotopic (exact) mass is 253 g/mol. The number of hydrogen-bond donors (Lipinski definition) is 1. The number of nitrogens with one attached hydrogen (secondary N) is 1. The van der Waals surface area contributed by atoms with Gasteiger partial charge in [0.15, 0.2) is 0 Å². The number of halogens is 1. The fraction of sp³-hybridized carbons (Fsp3) is 0.615. The number of anilines is 1. The fourth-order valence-corrected chi connectivity index (χ4v) is 2.65. The van der Waals surface area contributed by atoms with Crippen LogP contribution in [-0.2, 0) is 0 Å². The van der Waals surface area contributed by atoms with Gasteiger partial charge in [-0.25, -0.2) is 4.98 Å². The number of pyridine rings is 1. The first-order valence-electron chi connectivity index (χ1n) is 6.14. The lowest BCUT2D eigenvalue weighted by Gasteiger charge is -2.27. The summed E-state index contributed by atoms with van der Waals surface area (Å²) in [4.78, 5) is 6.77. The van der Waals surface area contributed by atoms with Gasteiger partial charge in [0.2, 0.25) is 0 Å². The van der Waals surface area contributed by atoms with E-state index in [1.165, 1.54) is 19.3 Å². The molecule has 0 aliphatic heterocycles. The number of rotatable bonds is 3. The number of aromatic nitrogens is 1. The molecule has 1 fully saturated rings. The molecule has 17 heavy (non-hydrogen) atoms. The molecule has 1 aliphatic carbocycles. The summed E-state index contributed by atoms with van der Waals surface area (Å²) in [5, 5.41) is 4.26. The summed E-state index contributed by atoms with van der Waals surface area (Å²) in [6, 6.07) is 4.97. The fourth-order valence-electron chi connectivity index (χ4n) is 2.54. The van der Waals surface area contributed by atoms with Crippen molar-refractivity contribution in [3.05, 3.63) is 22.8 Å². The first-order chi connectivity index (χ1) is 8.08. The molecule has 3 nitrogen and oxygen atoms in total. The lowest BCUT2D eigenvalue weighted by molar-refractivity contribution is 0.285. The summed E-state index contributed by atoms with van der Waals surface area (Å²) < 4.78 is 0. The van der Waals surface area contributed by atoms with Crippen LogP contribution in [0.15, 0.2) is 12.1 Å². The molecule has 0 unspecified atom stereocenters. The maximum Gasteiger partial charge on any atom is 0.126 e. The standard InChI is InChI=1S/C13H20ClN3/c1-9-10(14)7-8-13(15-9)16-11-5-4-6-12(11)17(2)3/h7-8,11-12H,4-6H2,1-3H3,(H,15,16)/t11-,12-/m1/s1. The van der Waals surface area contributed by atoms with Crippen LogP contribution in [0.2, 0.25) is 5.02 Å². The molecule has 0 bridgehead atoms. The van der Waals surface area contributed by atoms with Crippen LogP contribution in [0.1, 0.15) is 25.0 Å². The Bertz CT molecular complexity index is 392. The molecule has 1 aromatic heterocycles. The third kappa shape index (κ3) is 2.90. The minimum absolute atomic E-state index is 0.498. The molecule has 1 saturated carbocycles. The third-order valence-electron chi connectivity index (χ3n) is 3.50. The van der Waals surface area contributed by atoms with E-state index >= 15 is 0 Å². The molecule has 2 atom stereocenters. The molecule has 1 aromatic rings. The van der Waals surface area contributed by atoms with Gasteiger partial charge in [0.25, 0.3) is 0 Å². The van der Waals surface area contributed by atoms with Crippen molar-refractivity contribution in [2.45, 2.75) is 38.3 Å². The first-order valence-corrected chi connectivity index (χ1v) is 6.52. The minimum atomic E-state index is 0.498. The number of hydrogen-bond acceptors (Lipinski definition) is 3. The minimum Gasteiger partial charge on any atom is -0.366 e. The molecule has 94 valence electrons. The Labute approximate surface area is 108 Å². The number of aryl methyl sites for hydroxylation is 1. The van der Waals surface area contributed by atoms with Crippen molar-refractivity contribution in [1.82, 2.24) is 9.88 Å². The van der Waals surface area contributed by atoms with Gasteiger partial charge in [-0.05, 0) is 52.4 Å². The SMILES string of the molecule is Cc1nc(N[C@@H]2CCC[C@H]2N(C)C)ccc1Cl. The van der Waals surface area contributed by atoms with Crippen LogP contribution >= 0.6 is 11.6 Å². The second-order valence-corrected chi connectivity index (χ2v) is 5.38. The van der Waals surface area contributed by atoms with E-state index in [1.54, 1.807) is 0 Å². The predicted molar refractivity (Wildman–Crippen MR) is 72.7 cm³/mol. The smallest absolute Gasteiger partial charge is 0.126 e. The maximum absolute atomic E-state index is 5.98. The Kier molecular flexibility index (Phi) is 3.89. The first kappa shape index (κ1) is 12.7. The molecule has 4 heteroatoms. The van der Waals surface area contributed by atoms with E-state index in [1.807, 2.05) is 19.1 Å². The van der Waals surface area contributed by atoms with Crippen molar-refractivity contribution in [2.75, 3.05) is 19.4 Å². The summed E-state index contributed by atoms with van der Waals surface area (Å²) >= 11 is 5.98. The van der Waals surface area contributed by atoms with Crippen molar-refractivity contribution in [1.29, 1.82) is 0 Å². The van der Waals surface area contributed by atoms with Gasteiger partial charge in [-0.1, -0.05) is 11.6 Å². The summed E-state index contributed by atoms with van der Waals surface area (Å²) in [5.74, 6) is 0.936. The molecule has 0 saturated heterocycles. The van der Waals surface area contributed by atoms with Crippen LogP contribution in [0, 0.1) is 6.92 Å². The van der Waals surface area contributed by atoms with E-state index in [0.717, 1.165) is 16.5 Å². The topological polar surface area (TPSA) is 28.2 Å². The van der Waals surface area contributed by atoms with Crippen molar-refractivity contribution >= 4 is 17.4 Å². The lowest BCUT2D eigenvalue weighted by Crippen LogP contribution is -2.39. The van der Waals surface area contributed by atoms with Crippen LogP contribution in [0.4, 0.5) is 5.82 Å². The van der Waals surface area contributed by atoms with Gasteiger partial charge in [-0.2, -0.15) is 0 Å². The quantitative estimate of drug-likeness (QED) is 0.898. The molecular weight excluding hydrogens is 234 g/mol. The van der Waals surface area contributed by atoms with Gasteiger partial charge in [0, 0.05) is 12.1 Å². The molecule has 2 rings (SSSR count). The summed E-state index contributed by atoms with van der Waals surface area (Å²) in [5.41, 5.74) is 0.885. The highest BCUT2D eigenvalue weighted by molar-refractivity contribution is 6.31. The second kappa shape index (κ2) is 5.23. The number of likely N-dealkylation sites (N-methyl/N-ethyl adjacent to an activating group) is 1.